The van der Waals surface area contributed by atoms with Crippen molar-refractivity contribution in [2.24, 2.45) is 0 Å². The maximum atomic E-state index is 12.7. The van der Waals surface area contributed by atoms with Crippen LogP contribution >= 0.6 is 0 Å². The SMILES string of the molecule is O=c1oc2cc3[nH]c(-c4ccccc4)c(-c4ccccc4)c3cc2c2c1CCCCC2. The highest BCUT2D eigenvalue weighted by Gasteiger charge is 2.20. The Morgan fingerprint density at radius 3 is 2.13 bits per heavy atom. The highest BCUT2D eigenvalue weighted by molar-refractivity contribution is 6.08. The third-order valence-corrected chi connectivity index (χ3v) is 6.52. The molecule has 0 radical (unpaired) electrons. The summed E-state index contributed by atoms with van der Waals surface area (Å²) in [4.78, 5) is 16.3. The summed E-state index contributed by atoms with van der Waals surface area (Å²) in [5.74, 6) is 0. The van der Waals surface area contributed by atoms with Crippen molar-refractivity contribution >= 4 is 21.9 Å². The zero-order valence-corrected chi connectivity index (χ0v) is 17.3. The van der Waals surface area contributed by atoms with Crippen LogP contribution in [-0.2, 0) is 12.8 Å². The van der Waals surface area contributed by atoms with Crippen LogP contribution in [-0.4, -0.2) is 4.98 Å². The Kier molecular flexibility index (Phi) is 4.27. The molecule has 0 amide bonds. The van der Waals surface area contributed by atoms with Gasteiger partial charge in [0.1, 0.15) is 5.58 Å². The molecule has 2 aromatic heterocycles. The van der Waals surface area contributed by atoms with Crippen molar-refractivity contribution in [3.8, 4) is 22.4 Å². The number of aryl methyl sites for hydroxylation is 1. The second kappa shape index (κ2) is 7.28. The van der Waals surface area contributed by atoms with Crippen LogP contribution in [0.1, 0.15) is 30.4 Å². The smallest absolute Gasteiger partial charge is 0.339 e. The molecule has 0 unspecified atom stereocenters. The number of H-pyrrole nitrogens is 1. The molecule has 0 atom stereocenters. The van der Waals surface area contributed by atoms with Crippen molar-refractivity contribution in [1.29, 1.82) is 0 Å². The molecule has 0 spiro atoms. The van der Waals surface area contributed by atoms with Crippen LogP contribution < -0.4 is 5.63 Å². The molecule has 0 bridgehead atoms. The molecule has 0 aliphatic heterocycles. The largest absolute Gasteiger partial charge is 0.422 e. The van der Waals surface area contributed by atoms with Crippen LogP contribution in [0.3, 0.4) is 0 Å². The Bertz CT molecular complexity index is 1460. The molecule has 1 aliphatic carbocycles. The summed E-state index contributed by atoms with van der Waals surface area (Å²) in [5.41, 5.74) is 8.17. The number of aromatic amines is 1. The van der Waals surface area contributed by atoms with Gasteiger partial charge < -0.3 is 9.40 Å². The van der Waals surface area contributed by atoms with E-state index in [1.807, 2.05) is 18.2 Å². The van der Waals surface area contributed by atoms with E-state index in [4.69, 9.17) is 4.42 Å². The van der Waals surface area contributed by atoms with Crippen LogP contribution in [0.2, 0.25) is 0 Å². The predicted molar refractivity (Wildman–Crippen MR) is 126 cm³/mol. The van der Waals surface area contributed by atoms with Crippen molar-refractivity contribution in [3.05, 3.63) is 94.3 Å². The van der Waals surface area contributed by atoms with Crippen molar-refractivity contribution in [1.82, 2.24) is 4.98 Å². The van der Waals surface area contributed by atoms with Gasteiger partial charge in [-0.15, -0.1) is 0 Å². The highest BCUT2D eigenvalue weighted by Crippen LogP contribution is 2.40. The molecule has 1 N–H and O–H groups in total. The van der Waals surface area contributed by atoms with Crippen molar-refractivity contribution in [3.63, 3.8) is 0 Å². The molecular weight excluding hydrogens is 382 g/mol. The Balaban J connectivity index is 1.72. The summed E-state index contributed by atoms with van der Waals surface area (Å²) < 4.78 is 5.81. The molecule has 2 heterocycles. The van der Waals surface area contributed by atoms with Crippen LogP contribution in [0.15, 0.2) is 82.0 Å². The Morgan fingerprint density at radius 1 is 0.710 bits per heavy atom. The van der Waals surface area contributed by atoms with E-state index in [2.05, 4.69) is 59.6 Å². The molecule has 1 aliphatic rings. The lowest BCUT2D eigenvalue weighted by molar-refractivity contribution is 0.547. The van der Waals surface area contributed by atoms with Gasteiger partial charge in [0.15, 0.2) is 0 Å². The van der Waals surface area contributed by atoms with E-state index in [-0.39, 0.29) is 5.63 Å². The molecule has 152 valence electrons. The zero-order valence-electron chi connectivity index (χ0n) is 17.3. The lowest BCUT2D eigenvalue weighted by atomic mass is 9.95. The first-order chi connectivity index (χ1) is 15.3. The standard InChI is InChI=1S/C28H23NO2/c30-28-21-15-9-3-8-14-20(21)22-16-23-24(17-25(22)31-28)29-27(19-12-6-2-7-13-19)26(23)18-10-4-1-5-11-18/h1-2,4-7,10-13,16-17,29H,3,8-9,14-15H2. The predicted octanol–water partition coefficient (Wildman–Crippen LogP) is 6.88. The van der Waals surface area contributed by atoms with Crippen molar-refractivity contribution in [2.75, 3.05) is 0 Å². The van der Waals surface area contributed by atoms with E-state index in [0.717, 1.165) is 65.2 Å². The fraction of sp³-hybridized carbons (Fsp3) is 0.179. The lowest BCUT2D eigenvalue weighted by Gasteiger charge is -2.09. The molecule has 3 nitrogen and oxygen atoms in total. The summed E-state index contributed by atoms with van der Waals surface area (Å²) >= 11 is 0. The lowest BCUT2D eigenvalue weighted by Crippen LogP contribution is -2.10. The summed E-state index contributed by atoms with van der Waals surface area (Å²) in [6, 6.07) is 25.2. The topological polar surface area (TPSA) is 46.0 Å². The van der Waals surface area contributed by atoms with Gasteiger partial charge in [0.05, 0.1) is 11.2 Å². The first-order valence-corrected chi connectivity index (χ1v) is 11.0. The molecule has 0 saturated carbocycles. The molecule has 3 heteroatoms. The van der Waals surface area contributed by atoms with Crippen molar-refractivity contribution in [2.45, 2.75) is 32.1 Å². The Labute approximate surface area is 180 Å². The Morgan fingerprint density at radius 2 is 1.39 bits per heavy atom. The number of hydrogen-bond acceptors (Lipinski definition) is 2. The van der Waals surface area contributed by atoms with Gasteiger partial charge in [-0.1, -0.05) is 67.1 Å². The van der Waals surface area contributed by atoms with E-state index in [9.17, 15) is 4.79 Å². The number of rotatable bonds is 2. The van der Waals surface area contributed by atoms with Crippen LogP contribution in [0, 0.1) is 0 Å². The van der Waals surface area contributed by atoms with Crippen LogP contribution in [0.4, 0.5) is 0 Å². The number of nitrogens with one attached hydrogen (secondary N) is 1. The number of hydrogen-bond donors (Lipinski definition) is 1. The minimum Gasteiger partial charge on any atom is -0.422 e. The van der Waals surface area contributed by atoms with Gasteiger partial charge in [-0.05, 0) is 48.4 Å². The summed E-state index contributed by atoms with van der Waals surface area (Å²) in [7, 11) is 0. The van der Waals surface area contributed by atoms with Gasteiger partial charge in [0.25, 0.3) is 0 Å². The zero-order chi connectivity index (χ0) is 20.8. The fourth-order valence-corrected chi connectivity index (χ4v) is 5.03. The molecule has 0 saturated heterocycles. The molecule has 0 fully saturated rings. The average molecular weight is 405 g/mol. The minimum absolute atomic E-state index is 0.165. The quantitative estimate of drug-likeness (QED) is 0.257. The number of aromatic nitrogens is 1. The van der Waals surface area contributed by atoms with E-state index < -0.39 is 0 Å². The van der Waals surface area contributed by atoms with E-state index in [1.54, 1.807) is 0 Å². The summed E-state index contributed by atoms with van der Waals surface area (Å²) in [5, 5.41) is 2.25. The second-order valence-electron chi connectivity index (χ2n) is 8.41. The van der Waals surface area contributed by atoms with Gasteiger partial charge in [-0.3, -0.25) is 0 Å². The maximum Gasteiger partial charge on any atom is 0.339 e. The van der Waals surface area contributed by atoms with E-state index >= 15 is 0 Å². The molecule has 6 rings (SSSR count). The average Bonchev–Trinajstić information content (AvgIpc) is 2.99. The molecule has 3 aromatic carbocycles. The van der Waals surface area contributed by atoms with Gasteiger partial charge in [0, 0.05) is 28.0 Å². The summed E-state index contributed by atoms with van der Waals surface area (Å²) in [6.07, 6.45) is 5.11. The van der Waals surface area contributed by atoms with Gasteiger partial charge >= 0.3 is 5.63 Å². The maximum absolute atomic E-state index is 12.7. The fourth-order valence-electron chi connectivity index (χ4n) is 5.03. The second-order valence-corrected chi connectivity index (χ2v) is 8.41. The van der Waals surface area contributed by atoms with E-state index in [1.165, 1.54) is 16.7 Å². The first kappa shape index (κ1) is 18.2. The van der Waals surface area contributed by atoms with Crippen molar-refractivity contribution < 1.29 is 4.42 Å². The molecular formula is C28H23NO2. The van der Waals surface area contributed by atoms with Gasteiger partial charge in [-0.2, -0.15) is 0 Å². The minimum atomic E-state index is -0.165. The first-order valence-electron chi connectivity index (χ1n) is 11.0. The third kappa shape index (κ3) is 3.00. The van der Waals surface area contributed by atoms with Crippen LogP contribution in [0.5, 0.6) is 0 Å². The number of fused-ring (bicyclic) bond motifs is 4. The van der Waals surface area contributed by atoms with Gasteiger partial charge in [0.2, 0.25) is 0 Å². The summed E-state index contributed by atoms with van der Waals surface area (Å²) in [6.45, 7) is 0. The molecule has 5 aromatic rings. The third-order valence-electron chi connectivity index (χ3n) is 6.52. The normalized spacial score (nSPS) is 13.9. The highest BCUT2D eigenvalue weighted by atomic mass is 16.4. The monoisotopic (exact) mass is 405 g/mol. The molecule has 31 heavy (non-hydrogen) atoms. The van der Waals surface area contributed by atoms with Crippen LogP contribution in [0.25, 0.3) is 44.3 Å². The van der Waals surface area contributed by atoms with E-state index in [0.29, 0.717) is 5.58 Å². The number of benzene rings is 3. The Hall–Kier alpha value is -3.59. The van der Waals surface area contributed by atoms with Gasteiger partial charge in [-0.25, -0.2) is 4.79 Å².